The van der Waals surface area contributed by atoms with Crippen molar-refractivity contribution in [3.8, 4) is 5.95 Å². The summed E-state index contributed by atoms with van der Waals surface area (Å²) in [7, 11) is 1.87. The SMILES string of the molecule is Cc1cc(C)n(-c2nc(C=Cc3c(C)cnn3C)cc(=O)[nH]2)n1. The number of aromatic nitrogens is 6. The lowest BCUT2D eigenvalue weighted by molar-refractivity contribution is 0.759. The summed E-state index contributed by atoms with van der Waals surface area (Å²) in [6, 6.07) is 3.39. The molecular formula is C16H18N6O. The second kappa shape index (κ2) is 5.68. The second-order valence-electron chi connectivity index (χ2n) is 5.50. The minimum absolute atomic E-state index is 0.219. The molecule has 7 nitrogen and oxygen atoms in total. The van der Waals surface area contributed by atoms with Gasteiger partial charge in [-0.05, 0) is 44.6 Å². The molecule has 7 heteroatoms. The van der Waals surface area contributed by atoms with Gasteiger partial charge in [0.05, 0.1) is 23.3 Å². The highest BCUT2D eigenvalue weighted by atomic mass is 16.1. The molecule has 3 rings (SSSR count). The van der Waals surface area contributed by atoms with Crippen molar-refractivity contribution in [2.75, 3.05) is 0 Å². The minimum Gasteiger partial charge on any atom is -0.291 e. The summed E-state index contributed by atoms with van der Waals surface area (Å²) >= 11 is 0. The van der Waals surface area contributed by atoms with Gasteiger partial charge in [-0.15, -0.1) is 0 Å². The molecule has 0 aliphatic rings. The molecule has 0 aromatic carbocycles. The van der Waals surface area contributed by atoms with E-state index < -0.39 is 0 Å². The van der Waals surface area contributed by atoms with Gasteiger partial charge in [0.2, 0.25) is 5.95 Å². The summed E-state index contributed by atoms with van der Waals surface area (Å²) in [6.45, 7) is 5.80. The predicted octanol–water partition coefficient (Wildman–Crippen LogP) is 1.78. The van der Waals surface area contributed by atoms with E-state index in [0.29, 0.717) is 11.6 Å². The Balaban J connectivity index is 2.02. The Hall–Kier alpha value is -2.96. The van der Waals surface area contributed by atoms with Gasteiger partial charge in [0.25, 0.3) is 5.56 Å². The minimum atomic E-state index is -0.219. The molecule has 1 N–H and O–H groups in total. The number of rotatable bonds is 3. The molecular weight excluding hydrogens is 292 g/mol. The molecule has 3 aromatic heterocycles. The molecule has 0 saturated heterocycles. The van der Waals surface area contributed by atoms with E-state index in [-0.39, 0.29) is 5.56 Å². The van der Waals surface area contributed by atoms with Crippen LogP contribution in [-0.2, 0) is 7.05 Å². The molecule has 0 fully saturated rings. The van der Waals surface area contributed by atoms with Crippen LogP contribution in [0.15, 0.2) is 23.1 Å². The molecule has 0 saturated carbocycles. The average molecular weight is 310 g/mol. The summed E-state index contributed by atoms with van der Waals surface area (Å²) < 4.78 is 3.41. The van der Waals surface area contributed by atoms with Gasteiger partial charge < -0.3 is 0 Å². The first-order chi connectivity index (χ1) is 10.9. The number of nitrogens with zero attached hydrogens (tertiary/aromatic N) is 5. The van der Waals surface area contributed by atoms with Crippen molar-refractivity contribution in [3.63, 3.8) is 0 Å². The van der Waals surface area contributed by atoms with Gasteiger partial charge in [-0.25, -0.2) is 9.67 Å². The molecule has 0 unspecified atom stereocenters. The monoisotopic (exact) mass is 310 g/mol. The van der Waals surface area contributed by atoms with Crippen LogP contribution >= 0.6 is 0 Å². The smallest absolute Gasteiger partial charge is 0.252 e. The first-order valence-corrected chi connectivity index (χ1v) is 7.26. The Morgan fingerprint density at radius 2 is 1.96 bits per heavy atom. The van der Waals surface area contributed by atoms with E-state index in [1.54, 1.807) is 21.6 Å². The van der Waals surface area contributed by atoms with Crippen molar-refractivity contribution < 1.29 is 0 Å². The molecule has 0 atom stereocenters. The topological polar surface area (TPSA) is 81.4 Å². The fraction of sp³-hybridized carbons (Fsp3) is 0.250. The highest BCUT2D eigenvalue weighted by molar-refractivity contribution is 5.67. The summed E-state index contributed by atoms with van der Waals surface area (Å²) in [6.07, 6.45) is 5.50. The Morgan fingerprint density at radius 1 is 1.17 bits per heavy atom. The maximum atomic E-state index is 11.9. The molecule has 0 bridgehead atoms. The normalized spacial score (nSPS) is 11.5. The van der Waals surface area contributed by atoms with Gasteiger partial charge in [-0.3, -0.25) is 14.5 Å². The van der Waals surface area contributed by atoms with E-state index in [1.807, 2.05) is 40.0 Å². The van der Waals surface area contributed by atoms with Crippen molar-refractivity contribution in [2.24, 2.45) is 7.05 Å². The van der Waals surface area contributed by atoms with E-state index in [1.165, 1.54) is 6.07 Å². The molecule has 0 aliphatic heterocycles. The van der Waals surface area contributed by atoms with E-state index in [9.17, 15) is 4.79 Å². The number of hydrogen-bond acceptors (Lipinski definition) is 4. The number of aromatic amines is 1. The Labute approximate surface area is 133 Å². The van der Waals surface area contributed by atoms with E-state index >= 15 is 0 Å². The van der Waals surface area contributed by atoms with Crippen LogP contribution in [0.4, 0.5) is 0 Å². The molecule has 0 amide bonds. The fourth-order valence-electron chi connectivity index (χ4n) is 2.45. The number of H-pyrrole nitrogens is 1. The van der Waals surface area contributed by atoms with Crippen LogP contribution in [0.5, 0.6) is 0 Å². The van der Waals surface area contributed by atoms with Gasteiger partial charge >= 0.3 is 0 Å². The molecule has 3 aromatic rings. The zero-order valence-corrected chi connectivity index (χ0v) is 13.5. The standard InChI is InChI=1S/C16H18N6O/c1-10-9-17-21(4)14(10)6-5-13-8-15(23)19-16(18-13)22-12(3)7-11(2)20-22/h5-9H,1-4H3,(H,18,19,23). The van der Waals surface area contributed by atoms with Gasteiger partial charge in [-0.2, -0.15) is 10.2 Å². The van der Waals surface area contributed by atoms with E-state index in [0.717, 1.165) is 22.6 Å². The van der Waals surface area contributed by atoms with Crippen LogP contribution in [-0.4, -0.2) is 29.5 Å². The Kier molecular flexibility index (Phi) is 3.69. The maximum absolute atomic E-state index is 11.9. The second-order valence-corrected chi connectivity index (χ2v) is 5.50. The maximum Gasteiger partial charge on any atom is 0.252 e. The molecule has 0 aliphatic carbocycles. The van der Waals surface area contributed by atoms with Gasteiger partial charge in [0, 0.05) is 18.8 Å². The molecule has 0 spiro atoms. The zero-order valence-electron chi connectivity index (χ0n) is 13.5. The third kappa shape index (κ3) is 2.98. The van der Waals surface area contributed by atoms with Crippen LogP contribution in [0, 0.1) is 20.8 Å². The lowest BCUT2D eigenvalue weighted by Gasteiger charge is -2.04. The van der Waals surface area contributed by atoms with Gasteiger partial charge in [0.1, 0.15) is 0 Å². The zero-order chi connectivity index (χ0) is 16.6. The van der Waals surface area contributed by atoms with E-state index in [2.05, 4.69) is 20.2 Å². The lowest BCUT2D eigenvalue weighted by Crippen LogP contribution is -2.14. The number of aryl methyl sites for hydroxylation is 4. The van der Waals surface area contributed by atoms with Crippen molar-refractivity contribution in [2.45, 2.75) is 20.8 Å². The van der Waals surface area contributed by atoms with Crippen molar-refractivity contribution in [1.82, 2.24) is 29.5 Å². The quantitative estimate of drug-likeness (QED) is 0.799. The van der Waals surface area contributed by atoms with Crippen LogP contribution in [0.25, 0.3) is 18.1 Å². The van der Waals surface area contributed by atoms with Crippen LogP contribution in [0.2, 0.25) is 0 Å². The fourth-order valence-corrected chi connectivity index (χ4v) is 2.45. The van der Waals surface area contributed by atoms with Gasteiger partial charge in [0.15, 0.2) is 0 Å². The summed E-state index contributed by atoms with van der Waals surface area (Å²) in [5.74, 6) is 0.407. The predicted molar refractivity (Wildman–Crippen MR) is 88.3 cm³/mol. The van der Waals surface area contributed by atoms with Crippen molar-refractivity contribution in [3.05, 3.63) is 57.0 Å². The molecule has 118 valence electrons. The third-order valence-electron chi connectivity index (χ3n) is 3.55. The van der Waals surface area contributed by atoms with E-state index in [4.69, 9.17) is 0 Å². The van der Waals surface area contributed by atoms with Crippen molar-refractivity contribution in [1.29, 1.82) is 0 Å². The highest BCUT2D eigenvalue weighted by Crippen LogP contribution is 2.11. The number of nitrogens with one attached hydrogen (secondary N) is 1. The largest absolute Gasteiger partial charge is 0.291 e. The Morgan fingerprint density at radius 3 is 2.57 bits per heavy atom. The average Bonchev–Trinajstić information content (AvgIpc) is 2.98. The lowest BCUT2D eigenvalue weighted by atomic mass is 10.2. The summed E-state index contributed by atoms with van der Waals surface area (Å²) in [5.41, 5.74) is 4.17. The molecule has 3 heterocycles. The first-order valence-electron chi connectivity index (χ1n) is 7.26. The Bertz CT molecular complexity index is 924. The van der Waals surface area contributed by atoms with Crippen LogP contribution < -0.4 is 5.56 Å². The summed E-state index contributed by atoms with van der Waals surface area (Å²) in [4.78, 5) is 19.1. The van der Waals surface area contributed by atoms with Crippen LogP contribution in [0.1, 0.15) is 28.3 Å². The van der Waals surface area contributed by atoms with Crippen LogP contribution in [0.3, 0.4) is 0 Å². The van der Waals surface area contributed by atoms with Crippen molar-refractivity contribution >= 4 is 12.2 Å². The molecule has 23 heavy (non-hydrogen) atoms. The molecule has 0 radical (unpaired) electrons. The first kappa shape index (κ1) is 15.0. The van der Waals surface area contributed by atoms with Gasteiger partial charge in [-0.1, -0.05) is 0 Å². The highest BCUT2D eigenvalue weighted by Gasteiger charge is 2.07. The third-order valence-corrected chi connectivity index (χ3v) is 3.55. The number of hydrogen-bond donors (Lipinski definition) is 1. The summed E-state index contributed by atoms with van der Waals surface area (Å²) in [5, 5.41) is 8.54.